The average molecular weight is 313 g/mol. The second kappa shape index (κ2) is 8.13. The van der Waals surface area contributed by atoms with Crippen molar-refractivity contribution in [3.8, 4) is 0 Å². The molecule has 0 atom stereocenters. The highest BCUT2D eigenvalue weighted by Gasteiger charge is 2.28. The molecule has 22 heavy (non-hydrogen) atoms. The minimum absolute atomic E-state index is 0.0488. The lowest BCUT2D eigenvalue weighted by atomic mass is 10.1. The standard InChI is InChI=1S/C16H31N3O3/c1-16(2,3)17-15(20)19(14-4-10-21-11-5-14)7-6-18-8-12-22-13-9-18/h14H,4-13H2,1-3H3,(H,17,20). The Balaban J connectivity index is 1.92. The van der Waals surface area contributed by atoms with Crippen molar-refractivity contribution in [1.82, 2.24) is 15.1 Å². The van der Waals surface area contributed by atoms with Gasteiger partial charge in [-0.05, 0) is 33.6 Å². The molecule has 0 aliphatic carbocycles. The predicted octanol–water partition coefficient (Wildman–Crippen LogP) is 1.31. The van der Waals surface area contributed by atoms with E-state index in [0.29, 0.717) is 0 Å². The highest BCUT2D eigenvalue weighted by Crippen LogP contribution is 2.16. The van der Waals surface area contributed by atoms with E-state index in [2.05, 4.69) is 10.2 Å². The Morgan fingerprint density at radius 1 is 1.14 bits per heavy atom. The number of amides is 2. The number of hydrogen-bond donors (Lipinski definition) is 1. The number of hydrogen-bond acceptors (Lipinski definition) is 4. The van der Waals surface area contributed by atoms with Gasteiger partial charge in [-0.15, -0.1) is 0 Å². The number of ether oxygens (including phenoxy) is 2. The van der Waals surface area contributed by atoms with Gasteiger partial charge in [-0.3, -0.25) is 4.90 Å². The second-order valence-corrected chi connectivity index (χ2v) is 7.17. The lowest BCUT2D eigenvalue weighted by Crippen LogP contribution is -2.55. The summed E-state index contributed by atoms with van der Waals surface area (Å²) in [5.41, 5.74) is -0.209. The van der Waals surface area contributed by atoms with Gasteiger partial charge in [-0.2, -0.15) is 0 Å². The Labute approximate surface area is 134 Å². The zero-order chi connectivity index (χ0) is 16.0. The molecule has 1 N–H and O–H groups in total. The Kier molecular flexibility index (Phi) is 6.47. The quantitative estimate of drug-likeness (QED) is 0.850. The number of carbonyl (C=O) groups is 1. The van der Waals surface area contributed by atoms with Crippen LogP contribution in [0.5, 0.6) is 0 Å². The van der Waals surface area contributed by atoms with Gasteiger partial charge >= 0.3 is 6.03 Å². The summed E-state index contributed by atoms with van der Waals surface area (Å²) in [6, 6.07) is 0.338. The molecule has 2 aliphatic rings. The highest BCUT2D eigenvalue weighted by molar-refractivity contribution is 5.75. The molecule has 2 heterocycles. The second-order valence-electron chi connectivity index (χ2n) is 7.17. The Morgan fingerprint density at radius 2 is 1.73 bits per heavy atom. The SMILES string of the molecule is CC(C)(C)NC(=O)N(CCN1CCOCC1)C1CCOCC1. The summed E-state index contributed by atoms with van der Waals surface area (Å²) >= 11 is 0. The van der Waals surface area contributed by atoms with E-state index in [0.717, 1.165) is 65.4 Å². The predicted molar refractivity (Wildman–Crippen MR) is 86.1 cm³/mol. The zero-order valence-electron chi connectivity index (χ0n) is 14.3. The molecule has 0 aromatic heterocycles. The molecule has 2 saturated heterocycles. The van der Waals surface area contributed by atoms with Crippen molar-refractivity contribution >= 4 is 6.03 Å². The molecule has 2 amide bonds. The minimum Gasteiger partial charge on any atom is -0.381 e. The first-order chi connectivity index (χ1) is 10.5. The van der Waals surface area contributed by atoms with E-state index in [1.54, 1.807) is 0 Å². The van der Waals surface area contributed by atoms with Gasteiger partial charge in [0, 0.05) is 51.0 Å². The van der Waals surface area contributed by atoms with E-state index in [-0.39, 0.29) is 17.6 Å². The molecule has 2 rings (SSSR count). The third-order valence-electron chi connectivity index (χ3n) is 4.14. The van der Waals surface area contributed by atoms with Crippen LogP contribution in [0.2, 0.25) is 0 Å². The summed E-state index contributed by atoms with van der Waals surface area (Å²) < 4.78 is 10.8. The van der Waals surface area contributed by atoms with Crippen molar-refractivity contribution in [2.75, 3.05) is 52.6 Å². The van der Waals surface area contributed by atoms with Crippen molar-refractivity contribution < 1.29 is 14.3 Å². The van der Waals surface area contributed by atoms with Gasteiger partial charge in [0.15, 0.2) is 0 Å². The molecule has 0 spiro atoms. The van der Waals surface area contributed by atoms with Gasteiger partial charge in [0.2, 0.25) is 0 Å². The molecule has 0 radical (unpaired) electrons. The molecule has 6 heteroatoms. The highest BCUT2D eigenvalue weighted by atomic mass is 16.5. The van der Waals surface area contributed by atoms with Crippen LogP contribution in [-0.4, -0.2) is 80.0 Å². The largest absolute Gasteiger partial charge is 0.381 e. The number of urea groups is 1. The first-order valence-electron chi connectivity index (χ1n) is 8.42. The molecule has 2 aliphatic heterocycles. The Morgan fingerprint density at radius 3 is 2.32 bits per heavy atom. The lowest BCUT2D eigenvalue weighted by Gasteiger charge is -2.38. The van der Waals surface area contributed by atoms with E-state index in [4.69, 9.17) is 9.47 Å². The topological polar surface area (TPSA) is 54.0 Å². The molecule has 2 fully saturated rings. The molecular formula is C16H31N3O3. The monoisotopic (exact) mass is 313 g/mol. The molecule has 0 bridgehead atoms. The van der Waals surface area contributed by atoms with Crippen LogP contribution in [0.3, 0.4) is 0 Å². The maximum Gasteiger partial charge on any atom is 0.318 e. The van der Waals surface area contributed by atoms with Crippen LogP contribution < -0.4 is 5.32 Å². The Bertz CT molecular complexity index is 345. The number of nitrogens with zero attached hydrogens (tertiary/aromatic N) is 2. The van der Waals surface area contributed by atoms with E-state index >= 15 is 0 Å². The van der Waals surface area contributed by atoms with Crippen molar-refractivity contribution in [3.05, 3.63) is 0 Å². The summed E-state index contributed by atoms with van der Waals surface area (Å²) in [5, 5.41) is 3.11. The first-order valence-corrected chi connectivity index (χ1v) is 8.42. The number of carbonyl (C=O) groups excluding carboxylic acids is 1. The van der Waals surface area contributed by atoms with Crippen LogP contribution in [0.15, 0.2) is 0 Å². The fourth-order valence-electron chi connectivity index (χ4n) is 2.91. The average Bonchev–Trinajstić information content (AvgIpc) is 2.48. The summed E-state index contributed by atoms with van der Waals surface area (Å²) in [4.78, 5) is 17.1. The van der Waals surface area contributed by atoms with Gasteiger partial charge < -0.3 is 19.7 Å². The maximum atomic E-state index is 12.7. The molecular weight excluding hydrogens is 282 g/mol. The van der Waals surface area contributed by atoms with Crippen LogP contribution in [0.25, 0.3) is 0 Å². The van der Waals surface area contributed by atoms with Crippen molar-refractivity contribution in [1.29, 1.82) is 0 Å². The maximum absolute atomic E-state index is 12.7. The molecule has 0 unspecified atom stereocenters. The lowest BCUT2D eigenvalue weighted by molar-refractivity contribution is 0.0221. The van der Waals surface area contributed by atoms with Gasteiger partial charge in [0.25, 0.3) is 0 Å². The van der Waals surface area contributed by atoms with E-state index < -0.39 is 0 Å². The summed E-state index contributed by atoms with van der Waals surface area (Å²) in [6.45, 7) is 12.8. The van der Waals surface area contributed by atoms with Crippen LogP contribution in [0.4, 0.5) is 4.79 Å². The van der Waals surface area contributed by atoms with Crippen LogP contribution in [0, 0.1) is 0 Å². The van der Waals surface area contributed by atoms with Crippen LogP contribution in [-0.2, 0) is 9.47 Å². The molecule has 6 nitrogen and oxygen atoms in total. The normalized spacial score (nSPS) is 21.6. The van der Waals surface area contributed by atoms with Gasteiger partial charge in [0.05, 0.1) is 13.2 Å². The van der Waals surface area contributed by atoms with Gasteiger partial charge in [-0.1, -0.05) is 0 Å². The summed E-state index contributed by atoms with van der Waals surface area (Å²) in [7, 11) is 0. The van der Waals surface area contributed by atoms with Gasteiger partial charge in [-0.25, -0.2) is 4.79 Å². The fourth-order valence-corrected chi connectivity index (χ4v) is 2.91. The minimum atomic E-state index is -0.209. The third kappa shape index (κ3) is 5.74. The van der Waals surface area contributed by atoms with E-state index in [9.17, 15) is 4.79 Å². The van der Waals surface area contributed by atoms with Crippen LogP contribution >= 0.6 is 0 Å². The molecule has 0 aromatic carbocycles. The van der Waals surface area contributed by atoms with Crippen LogP contribution in [0.1, 0.15) is 33.6 Å². The van der Waals surface area contributed by atoms with E-state index in [1.165, 1.54) is 0 Å². The summed E-state index contributed by atoms with van der Waals surface area (Å²) in [6.07, 6.45) is 1.86. The smallest absolute Gasteiger partial charge is 0.318 e. The molecule has 128 valence electrons. The zero-order valence-corrected chi connectivity index (χ0v) is 14.3. The first kappa shape index (κ1) is 17.5. The number of rotatable bonds is 4. The summed E-state index contributed by atoms with van der Waals surface area (Å²) in [5.74, 6) is 0. The number of nitrogens with one attached hydrogen (secondary N) is 1. The molecule has 0 saturated carbocycles. The van der Waals surface area contributed by atoms with Gasteiger partial charge in [0.1, 0.15) is 0 Å². The third-order valence-corrected chi connectivity index (χ3v) is 4.14. The molecule has 0 aromatic rings. The fraction of sp³-hybridized carbons (Fsp3) is 0.938. The Hall–Kier alpha value is -0.850. The van der Waals surface area contributed by atoms with E-state index in [1.807, 2.05) is 25.7 Å². The van der Waals surface area contributed by atoms with Crippen molar-refractivity contribution in [2.24, 2.45) is 0 Å². The van der Waals surface area contributed by atoms with Crippen molar-refractivity contribution in [3.63, 3.8) is 0 Å². The number of morpholine rings is 1. The van der Waals surface area contributed by atoms with Crippen molar-refractivity contribution in [2.45, 2.75) is 45.2 Å².